The lowest BCUT2D eigenvalue weighted by molar-refractivity contribution is -0.124. The Hall–Kier alpha value is -0.320. The van der Waals surface area contributed by atoms with Gasteiger partial charge in [0.25, 0.3) is 0 Å². The Labute approximate surface area is 116 Å². The van der Waals surface area contributed by atoms with Gasteiger partial charge in [-0.05, 0) is 32.2 Å². The number of ether oxygens (including phenoxy) is 1. The van der Waals surface area contributed by atoms with E-state index in [-0.39, 0.29) is 24.4 Å². The molecule has 1 saturated heterocycles. The minimum absolute atomic E-state index is 0. The summed E-state index contributed by atoms with van der Waals surface area (Å²) in [7, 11) is 0. The van der Waals surface area contributed by atoms with Crippen LogP contribution < -0.4 is 10.6 Å². The third kappa shape index (κ3) is 5.12. The van der Waals surface area contributed by atoms with Gasteiger partial charge in [-0.1, -0.05) is 19.3 Å². The summed E-state index contributed by atoms with van der Waals surface area (Å²) in [6, 6.07) is 0.0234. The van der Waals surface area contributed by atoms with Crippen LogP contribution in [0.4, 0.5) is 0 Å². The molecular formula is C13H25ClN2O2. The summed E-state index contributed by atoms with van der Waals surface area (Å²) in [5.41, 5.74) is 0. The SMILES string of the molecule is Cl.O=C(NCCOC1CCCC1)[C@H]1CCCCN1. The normalized spacial score (nSPS) is 24.6. The number of hydrogen-bond donors (Lipinski definition) is 2. The second kappa shape index (κ2) is 8.73. The zero-order chi connectivity index (χ0) is 11.9. The van der Waals surface area contributed by atoms with Crippen LogP contribution in [-0.4, -0.2) is 37.7 Å². The van der Waals surface area contributed by atoms with E-state index in [2.05, 4.69) is 10.6 Å². The molecular weight excluding hydrogens is 252 g/mol. The van der Waals surface area contributed by atoms with Crippen LogP contribution in [0.5, 0.6) is 0 Å². The smallest absolute Gasteiger partial charge is 0.237 e. The summed E-state index contributed by atoms with van der Waals surface area (Å²) in [4.78, 5) is 11.8. The molecule has 2 fully saturated rings. The van der Waals surface area contributed by atoms with Gasteiger partial charge in [-0.25, -0.2) is 0 Å². The summed E-state index contributed by atoms with van der Waals surface area (Å²) < 4.78 is 5.71. The number of rotatable bonds is 5. The van der Waals surface area contributed by atoms with E-state index in [0.717, 1.165) is 19.4 Å². The molecule has 0 aromatic carbocycles. The van der Waals surface area contributed by atoms with E-state index in [1.165, 1.54) is 32.1 Å². The van der Waals surface area contributed by atoms with Crippen molar-refractivity contribution < 1.29 is 9.53 Å². The Morgan fingerprint density at radius 2 is 1.89 bits per heavy atom. The number of nitrogens with one attached hydrogen (secondary N) is 2. The van der Waals surface area contributed by atoms with Crippen LogP contribution in [0.3, 0.4) is 0 Å². The molecule has 2 rings (SSSR count). The first-order valence-electron chi connectivity index (χ1n) is 6.99. The molecule has 1 aliphatic heterocycles. The minimum atomic E-state index is 0. The molecule has 0 radical (unpaired) electrons. The lowest BCUT2D eigenvalue weighted by atomic mass is 10.0. The summed E-state index contributed by atoms with van der Waals surface area (Å²) in [6.07, 6.45) is 8.73. The molecule has 0 aromatic heterocycles. The van der Waals surface area contributed by atoms with Crippen molar-refractivity contribution in [1.82, 2.24) is 10.6 Å². The van der Waals surface area contributed by atoms with Crippen molar-refractivity contribution in [2.45, 2.75) is 57.1 Å². The van der Waals surface area contributed by atoms with Crippen molar-refractivity contribution in [2.24, 2.45) is 0 Å². The predicted octanol–water partition coefficient (Wildman–Crippen LogP) is 1.63. The molecule has 1 amide bonds. The molecule has 0 bridgehead atoms. The Morgan fingerprint density at radius 1 is 1.17 bits per heavy atom. The van der Waals surface area contributed by atoms with Gasteiger partial charge in [0.2, 0.25) is 5.91 Å². The van der Waals surface area contributed by atoms with Gasteiger partial charge in [0.05, 0.1) is 18.8 Å². The average Bonchev–Trinajstić information content (AvgIpc) is 2.88. The number of halogens is 1. The topological polar surface area (TPSA) is 50.4 Å². The highest BCUT2D eigenvalue weighted by Crippen LogP contribution is 2.20. The quantitative estimate of drug-likeness (QED) is 0.751. The standard InChI is InChI=1S/C13H24N2O2.ClH/c16-13(12-7-3-4-8-14-12)15-9-10-17-11-5-1-2-6-11;/h11-12,14H,1-10H2,(H,15,16);1H/t12-;/m1./s1. The second-order valence-corrected chi connectivity index (χ2v) is 5.07. The fourth-order valence-electron chi connectivity index (χ4n) is 2.65. The molecule has 0 unspecified atom stereocenters. The Balaban J connectivity index is 0.00000162. The predicted molar refractivity (Wildman–Crippen MR) is 74.1 cm³/mol. The van der Waals surface area contributed by atoms with Crippen LogP contribution in [-0.2, 0) is 9.53 Å². The van der Waals surface area contributed by atoms with Crippen LogP contribution in [0.2, 0.25) is 0 Å². The number of hydrogen-bond acceptors (Lipinski definition) is 3. The highest BCUT2D eigenvalue weighted by atomic mass is 35.5. The van der Waals surface area contributed by atoms with E-state index in [1.807, 2.05) is 0 Å². The fourth-order valence-corrected chi connectivity index (χ4v) is 2.65. The zero-order valence-corrected chi connectivity index (χ0v) is 11.8. The molecule has 4 nitrogen and oxygen atoms in total. The Kier molecular flexibility index (Phi) is 7.63. The van der Waals surface area contributed by atoms with E-state index in [1.54, 1.807) is 0 Å². The van der Waals surface area contributed by atoms with Gasteiger partial charge >= 0.3 is 0 Å². The van der Waals surface area contributed by atoms with Crippen LogP contribution in [0.15, 0.2) is 0 Å². The van der Waals surface area contributed by atoms with Gasteiger partial charge < -0.3 is 15.4 Å². The maximum atomic E-state index is 11.8. The van der Waals surface area contributed by atoms with Crippen molar-refractivity contribution in [3.05, 3.63) is 0 Å². The summed E-state index contributed by atoms with van der Waals surface area (Å²) in [5.74, 6) is 0.139. The monoisotopic (exact) mass is 276 g/mol. The zero-order valence-electron chi connectivity index (χ0n) is 11.0. The number of carbonyl (C=O) groups excluding carboxylic acids is 1. The first kappa shape index (κ1) is 15.7. The summed E-state index contributed by atoms with van der Waals surface area (Å²) in [6.45, 7) is 2.27. The Morgan fingerprint density at radius 3 is 2.56 bits per heavy atom. The molecule has 18 heavy (non-hydrogen) atoms. The molecule has 1 saturated carbocycles. The average molecular weight is 277 g/mol. The molecule has 0 aromatic rings. The van der Waals surface area contributed by atoms with Crippen LogP contribution in [0, 0.1) is 0 Å². The maximum Gasteiger partial charge on any atom is 0.237 e. The molecule has 0 spiro atoms. The van der Waals surface area contributed by atoms with Gasteiger partial charge in [-0.3, -0.25) is 4.79 Å². The van der Waals surface area contributed by atoms with Crippen LogP contribution in [0.1, 0.15) is 44.9 Å². The van der Waals surface area contributed by atoms with Crippen molar-refractivity contribution in [1.29, 1.82) is 0 Å². The van der Waals surface area contributed by atoms with Crippen molar-refractivity contribution >= 4 is 18.3 Å². The highest BCUT2D eigenvalue weighted by molar-refractivity contribution is 5.85. The van der Waals surface area contributed by atoms with E-state index in [9.17, 15) is 4.79 Å². The van der Waals surface area contributed by atoms with E-state index in [4.69, 9.17) is 4.74 Å². The van der Waals surface area contributed by atoms with Crippen molar-refractivity contribution in [2.75, 3.05) is 19.7 Å². The third-order valence-electron chi connectivity index (χ3n) is 3.68. The second-order valence-electron chi connectivity index (χ2n) is 5.07. The van der Waals surface area contributed by atoms with Gasteiger partial charge in [-0.15, -0.1) is 12.4 Å². The van der Waals surface area contributed by atoms with Crippen molar-refractivity contribution in [3.8, 4) is 0 Å². The van der Waals surface area contributed by atoms with Crippen LogP contribution in [0.25, 0.3) is 0 Å². The molecule has 1 atom stereocenters. The lowest BCUT2D eigenvalue weighted by Gasteiger charge is -2.22. The third-order valence-corrected chi connectivity index (χ3v) is 3.68. The largest absolute Gasteiger partial charge is 0.376 e. The molecule has 2 aliphatic rings. The molecule has 106 valence electrons. The van der Waals surface area contributed by atoms with Gasteiger partial charge in [0.1, 0.15) is 0 Å². The number of piperidine rings is 1. The number of amides is 1. The summed E-state index contributed by atoms with van der Waals surface area (Å²) >= 11 is 0. The van der Waals surface area contributed by atoms with E-state index >= 15 is 0 Å². The molecule has 1 aliphatic carbocycles. The fraction of sp³-hybridized carbons (Fsp3) is 0.923. The number of carbonyl (C=O) groups is 1. The van der Waals surface area contributed by atoms with Crippen LogP contribution >= 0.6 is 12.4 Å². The van der Waals surface area contributed by atoms with E-state index in [0.29, 0.717) is 19.3 Å². The lowest BCUT2D eigenvalue weighted by Crippen LogP contribution is -2.47. The van der Waals surface area contributed by atoms with Gasteiger partial charge in [-0.2, -0.15) is 0 Å². The first-order chi connectivity index (χ1) is 8.36. The molecule has 2 N–H and O–H groups in total. The molecule has 5 heteroatoms. The Bertz CT molecular complexity index is 239. The van der Waals surface area contributed by atoms with E-state index < -0.39 is 0 Å². The highest BCUT2D eigenvalue weighted by Gasteiger charge is 2.20. The summed E-state index contributed by atoms with van der Waals surface area (Å²) in [5, 5.41) is 6.20. The molecule has 1 heterocycles. The van der Waals surface area contributed by atoms with Gasteiger partial charge in [0, 0.05) is 6.54 Å². The first-order valence-corrected chi connectivity index (χ1v) is 6.99. The maximum absolute atomic E-state index is 11.8. The minimum Gasteiger partial charge on any atom is -0.376 e. The van der Waals surface area contributed by atoms with Crippen molar-refractivity contribution in [3.63, 3.8) is 0 Å². The van der Waals surface area contributed by atoms with Gasteiger partial charge in [0.15, 0.2) is 0 Å².